The Bertz CT molecular complexity index is 861. The van der Waals surface area contributed by atoms with Gasteiger partial charge in [-0.2, -0.15) is 5.10 Å². The molecule has 1 aromatic carbocycles. The number of aryl methyl sites for hydroxylation is 1. The van der Waals surface area contributed by atoms with Crippen molar-refractivity contribution >= 4 is 23.0 Å². The summed E-state index contributed by atoms with van der Waals surface area (Å²) in [7, 11) is 0. The number of rotatable bonds is 8. The van der Waals surface area contributed by atoms with E-state index in [0.717, 1.165) is 36.1 Å². The van der Waals surface area contributed by atoms with E-state index in [1.54, 1.807) is 23.0 Å². The molecule has 1 heterocycles. The fourth-order valence-electron chi connectivity index (χ4n) is 3.07. The standard InChI is InChI=1S/C22H29ClN2O2/c1-7-9-12-25-22(27-8-2)18(13-24-25)21(26)17-10-11-19(23)20(16(17)6)15(5)14(3)4/h10-11,13H,7-9,12H2,1-6H3. The number of benzene rings is 1. The van der Waals surface area contributed by atoms with E-state index in [2.05, 4.69) is 12.0 Å². The van der Waals surface area contributed by atoms with Gasteiger partial charge in [-0.1, -0.05) is 30.5 Å². The molecule has 0 saturated carbocycles. The van der Waals surface area contributed by atoms with Gasteiger partial charge in [-0.3, -0.25) is 4.79 Å². The Morgan fingerprint density at radius 2 is 1.89 bits per heavy atom. The molecule has 0 N–H and O–H groups in total. The minimum atomic E-state index is -0.0850. The van der Waals surface area contributed by atoms with Gasteiger partial charge in [0.15, 0.2) is 5.78 Å². The molecule has 0 amide bonds. The summed E-state index contributed by atoms with van der Waals surface area (Å²) in [5, 5.41) is 5.05. The van der Waals surface area contributed by atoms with Crippen LogP contribution in [0.1, 0.15) is 74.5 Å². The molecule has 5 heteroatoms. The van der Waals surface area contributed by atoms with E-state index >= 15 is 0 Å². The van der Waals surface area contributed by atoms with Crippen LogP contribution in [0.2, 0.25) is 5.02 Å². The molecular weight excluding hydrogens is 360 g/mol. The van der Waals surface area contributed by atoms with Gasteiger partial charge in [0.25, 0.3) is 0 Å². The summed E-state index contributed by atoms with van der Waals surface area (Å²) in [6, 6.07) is 3.59. The van der Waals surface area contributed by atoms with Crippen LogP contribution < -0.4 is 4.74 Å². The minimum absolute atomic E-state index is 0.0850. The number of unbranched alkanes of at least 4 members (excludes halogenated alkanes) is 1. The van der Waals surface area contributed by atoms with Crippen LogP contribution in [0.25, 0.3) is 5.57 Å². The van der Waals surface area contributed by atoms with Crippen molar-refractivity contribution in [2.75, 3.05) is 6.61 Å². The number of hydrogen-bond acceptors (Lipinski definition) is 3. The summed E-state index contributed by atoms with van der Waals surface area (Å²) in [5.74, 6) is 0.462. The SMILES string of the molecule is CCCCn1ncc(C(=O)c2ccc(Cl)c(C(C)=C(C)C)c2C)c1OCC. The predicted molar refractivity (Wildman–Crippen MR) is 112 cm³/mol. The van der Waals surface area contributed by atoms with Crippen LogP contribution >= 0.6 is 11.6 Å². The Balaban J connectivity index is 2.54. The van der Waals surface area contributed by atoms with Crippen molar-refractivity contribution in [1.82, 2.24) is 9.78 Å². The highest BCUT2D eigenvalue weighted by molar-refractivity contribution is 6.32. The zero-order valence-electron chi connectivity index (χ0n) is 17.1. The molecule has 0 atom stereocenters. The molecule has 27 heavy (non-hydrogen) atoms. The van der Waals surface area contributed by atoms with Crippen LogP contribution in [0.4, 0.5) is 0 Å². The lowest BCUT2D eigenvalue weighted by atomic mass is 9.92. The maximum atomic E-state index is 13.3. The molecule has 4 nitrogen and oxygen atoms in total. The summed E-state index contributed by atoms with van der Waals surface area (Å²) in [5.41, 5.74) is 5.21. The molecule has 0 saturated heterocycles. The van der Waals surface area contributed by atoms with E-state index < -0.39 is 0 Å². The van der Waals surface area contributed by atoms with Crippen LogP contribution in [-0.4, -0.2) is 22.2 Å². The van der Waals surface area contributed by atoms with E-state index in [1.807, 2.05) is 34.6 Å². The van der Waals surface area contributed by atoms with E-state index in [0.29, 0.717) is 28.6 Å². The third-order valence-electron chi connectivity index (χ3n) is 4.82. The van der Waals surface area contributed by atoms with Gasteiger partial charge in [0.2, 0.25) is 5.88 Å². The number of ketones is 1. The molecular formula is C22H29ClN2O2. The second-order valence-electron chi connectivity index (χ2n) is 6.92. The Labute approximate surface area is 167 Å². The number of nitrogens with zero attached hydrogens (tertiary/aromatic N) is 2. The van der Waals surface area contributed by atoms with Crippen molar-refractivity contribution < 1.29 is 9.53 Å². The molecule has 2 rings (SSSR count). The largest absolute Gasteiger partial charge is 0.478 e. The number of aromatic nitrogens is 2. The van der Waals surface area contributed by atoms with Gasteiger partial charge in [0, 0.05) is 17.1 Å². The normalized spacial score (nSPS) is 10.8. The maximum Gasteiger partial charge on any atom is 0.223 e. The molecule has 146 valence electrons. The van der Waals surface area contributed by atoms with Crippen LogP contribution in [-0.2, 0) is 6.54 Å². The fraction of sp³-hybridized carbons (Fsp3) is 0.455. The number of carbonyl (C=O) groups is 1. The monoisotopic (exact) mass is 388 g/mol. The summed E-state index contributed by atoms with van der Waals surface area (Å²) in [6.07, 6.45) is 3.65. The number of carbonyl (C=O) groups excluding carboxylic acids is 1. The quantitative estimate of drug-likeness (QED) is 0.514. The van der Waals surface area contributed by atoms with Crippen molar-refractivity contribution in [3.63, 3.8) is 0 Å². The highest BCUT2D eigenvalue weighted by atomic mass is 35.5. The highest BCUT2D eigenvalue weighted by Gasteiger charge is 2.23. The van der Waals surface area contributed by atoms with Crippen molar-refractivity contribution in [3.05, 3.63) is 51.2 Å². The molecule has 0 unspecified atom stereocenters. The van der Waals surface area contributed by atoms with Gasteiger partial charge in [-0.15, -0.1) is 0 Å². The molecule has 0 aliphatic rings. The van der Waals surface area contributed by atoms with Gasteiger partial charge in [-0.05, 0) is 69.9 Å². The van der Waals surface area contributed by atoms with Gasteiger partial charge in [-0.25, -0.2) is 4.68 Å². The molecule has 0 spiro atoms. The van der Waals surface area contributed by atoms with E-state index in [9.17, 15) is 4.79 Å². The first-order valence-corrected chi connectivity index (χ1v) is 9.88. The Hall–Kier alpha value is -2.07. The van der Waals surface area contributed by atoms with Crippen LogP contribution in [0, 0.1) is 6.92 Å². The summed E-state index contributed by atoms with van der Waals surface area (Å²) in [4.78, 5) is 13.3. The predicted octanol–water partition coefficient (Wildman–Crippen LogP) is 6.09. The van der Waals surface area contributed by atoms with E-state index in [4.69, 9.17) is 16.3 Å². The van der Waals surface area contributed by atoms with E-state index in [-0.39, 0.29) is 5.78 Å². The lowest BCUT2D eigenvalue weighted by molar-refractivity contribution is 0.103. The van der Waals surface area contributed by atoms with Crippen LogP contribution in [0.15, 0.2) is 23.9 Å². The van der Waals surface area contributed by atoms with Crippen molar-refractivity contribution in [3.8, 4) is 5.88 Å². The number of hydrogen-bond donors (Lipinski definition) is 0. The highest BCUT2D eigenvalue weighted by Crippen LogP contribution is 2.33. The number of ether oxygens (including phenoxy) is 1. The van der Waals surface area contributed by atoms with Crippen molar-refractivity contribution in [2.24, 2.45) is 0 Å². The van der Waals surface area contributed by atoms with Gasteiger partial charge >= 0.3 is 0 Å². The van der Waals surface area contributed by atoms with Crippen molar-refractivity contribution in [2.45, 2.75) is 60.9 Å². The number of halogens is 1. The summed E-state index contributed by atoms with van der Waals surface area (Å²) in [6.45, 7) is 13.3. The van der Waals surface area contributed by atoms with Gasteiger partial charge < -0.3 is 4.74 Å². The minimum Gasteiger partial charge on any atom is -0.478 e. The Morgan fingerprint density at radius 1 is 1.19 bits per heavy atom. The fourth-order valence-corrected chi connectivity index (χ4v) is 3.41. The molecule has 0 radical (unpaired) electrons. The third kappa shape index (κ3) is 4.44. The zero-order chi connectivity index (χ0) is 20.1. The smallest absolute Gasteiger partial charge is 0.223 e. The second kappa shape index (κ2) is 9.23. The molecule has 0 aliphatic carbocycles. The lowest BCUT2D eigenvalue weighted by Crippen LogP contribution is -2.10. The molecule has 0 fully saturated rings. The maximum absolute atomic E-state index is 13.3. The summed E-state index contributed by atoms with van der Waals surface area (Å²) >= 11 is 6.45. The lowest BCUT2D eigenvalue weighted by Gasteiger charge is -2.15. The third-order valence-corrected chi connectivity index (χ3v) is 5.14. The average Bonchev–Trinajstić information content (AvgIpc) is 3.02. The zero-order valence-corrected chi connectivity index (χ0v) is 17.9. The summed E-state index contributed by atoms with van der Waals surface area (Å²) < 4.78 is 7.56. The van der Waals surface area contributed by atoms with Crippen LogP contribution in [0.5, 0.6) is 5.88 Å². The molecule has 2 aromatic rings. The van der Waals surface area contributed by atoms with Gasteiger partial charge in [0.05, 0.1) is 12.8 Å². The second-order valence-corrected chi connectivity index (χ2v) is 7.33. The van der Waals surface area contributed by atoms with Crippen LogP contribution in [0.3, 0.4) is 0 Å². The first-order chi connectivity index (χ1) is 12.8. The van der Waals surface area contributed by atoms with Crippen molar-refractivity contribution in [1.29, 1.82) is 0 Å². The molecule has 0 bridgehead atoms. The average molecular weight is 389 g/mol. The van der Waals surface area contributed by atoms with Gasteiger partial charge in [0.1, 0.15) is 5.56 Å². The molecule has 1 aromatic heterocycles. The first kappa shape index (κ1) is 21.2. The molecule has 0 aliphatic heterocycles. The topological polar surface area (TPSA) is 44.1 Å². The Kier molecular flexibility index (Phi) is 7.25. The number of allylic oxidation sites excluding steroid dienone is 2. The first-order valence-electron chi connectivity index (χ1n) is 9.50. The Morgan fingerprint density at radius 3 is 2.48 bits per heavy atom. The van der Waals surface area contributed by atoms with E-state index in [1.165, 1.54) is 5.57 Å².